The van der Waals surface area contributed by atoms with Gasteiger partial charge in [0.05, 0.1) is 30.2 Å². The molecule has 32 heavy (non-hydrogen) atoms. The van der Waals surface area contributed by atoms with Crippen molar-refractivity contribution in [3.63, 3.8) is 0 Å². The second-order valence-electron chi connectivity index (χ2n) is 7.11. The van der Waals surface area contributed by atoms with Crippen molar-refractivity contribution in [2.24, 2.45) is 0 Å². The van der Waals surface area contributed by atoms with Gasteiger partial charge in [-0.2, -0.15) is 23.4 Å². The number of amides is 1. The lowest BCUT2D eigenvalue weighted by atomic mass is 10.1. The van der Waals surface area contributed by atoms with Crippen LogP contribution in [0.3, 0.4) is 0 Å². The van der Waals surface area contributed by atoms with Crippen LogP contribution in [-0.4, -0.2) is 25.5 Å². The highest BCUT2D eigenvalue weighted by Crippen LogP contribution is 2.34. The van der Waals surface area contributed by atoms with Gasteiger partial charge in [0.1, 0.15) is 5.82 Å². The number of rotatable bonds is 5. The molecule has 0 spiro atoms. The van der Waals surface area contributed by atoms with Gasteiger partial charge in [-0.3, -0.25) is 4.79 Å². The molecular weight excluding hydrogens is 443 g/mol. The first-order chi connectivity index (χ1) is 15.2. The number of hydrogen-bond acceptors (Lipinski definition) is 3. The maximum Gasteiger partial charge on any atom is 0.434 e. The number of carbonyl (C=O) groups is 1. The van der Waals surface area contributed by atoms with Crippen LogP contribution < -0.4 is 5.32 Å². The van der Waals surface area contributed by atoms with Crippen LogP contribution in [0.5, 0.6) is 0 Å². The lowest BCUT2D eigenvalue weighted by Crippen LogP contribution is -2.22. The number of benzene rings is 2. The Morgan fingerprint density at radius 2 is 1.72 bits per heavy atom. The van der Waals surface area contributed by atoms with Crippen molar-refractivity contribution in [3.05, 3.63) is 94.4 Å². The van der Waals surface area contributed by atoms with E-state index in [1.54, 1.807) is 0 Å². The number of aromatic nitrogens is 4. The molecule has 0 saturated carbocycles. The van der Waals surface area contributed by atoms with E-state index in [1.165, 1.54) is 41.2 Å². The fourth-order valence-electron chi connectivity index (χ4n) is 3.18. The van der Waals surface area contributed by atoms with Gasteiger partial charge in [-0.05, 0) is 36.8 Å². The van der Waals surface area contributed by atoms with Crippen LogP contribution in [0.2, 0.25) is 5.02 Å². The maximum atomic E-state index is 13.9. The highest BCUT2D eigenvalue weighted by Gasteiger charge is 2.40. The fraction of sp³-hybridized carbons (Fsp3) is 0.136. The van der Waals surface area contributed by atoms with Crippen LogP contribution >= 0.6 is 11.6 Å². The van der Waals surface area contributed by atoms with Gasteiger partial charge >= 0.3 is 6.18 Å². The van der Waals surface area contributed by atoms with Gasteiger partial charge in [-0.15, -0.1) is 0 Å². The van der Waals surface area contributed by atoms with E-state index in [9.17, 15) is 18.0 Å². The summed E-state index contributed by atoms with van der Waals surface area (Å²) >= 11 is 5.82. The van der Waals surface area contributed by atoms with E-state index in [2.05, 4.69) is 15.5 Å². The summed E-state index contributed by atoms with van der Waals surface area (Å²) in [5.41, 5.74) is 0.379. The lowest BCUT2D eigenvalue weighted by Gasteiger charge is -2.13. The molecule has 0 aliphatic heterocycles. The third-order valence-corrected chi connectivity index (χ3v) is 5.02. The van der Waals surface area contributed by atoms with Gasteiger partial charge in [-0.25, -0.2) is 9.36 Å². The number of nitrogens with zero attached hydrogens (tertiary/aromatic N) is 4. The minimum atomic E-state index is -4.81. The maximum absolute atomic E-state index is 13.9. The molecular formula is C22H17ClF3N5O. The van der Waals surface area contributed by atoms with Crippen molar-refractivity contribution >= 4 is 23.3 Å². The molecule has 0 bridgehead atoms. The van der Waals surface area contributed by atoms with Gasteiger partial charge in [0.25, 0.3) is 5.91 Å². The summed E-state index contributed by atoms with van der Waals surface area (Å²) in [6, 6.07) is 14.9. The summed E-state index contributed by atoms with van der Waals surface area (Å²) in [4.78, 5) is 12.8. The third kappa shape index (κ3) is 4.52. The van der Waals surface area contributed by atoms with E-state index < -0.39 is 23.3 Å². The topological polar surface area (TPSA) is 64.7 Å². The number of carbonyl (C=O) groups excluding carboxylic acids is 1. The quantitative estimate of drug-likeness (QED) is 0.437. The van der Waals surface area contributed by atoms with Gasteiger partial charge in [0.2, 0.25) is 0 Å². The van der Waals surface area contributed by atoms with E-state index in [0.717, 1.165) is 17.3 Å². The zero-order chi connectivity index (χ0) is 22.9. The van der Waals surface area contributed by atoms with E-state index in [0.29, 0.717) is 16.2 Å². The van der Waals surface area contributed by atoms with Crippen LogP contribution in [0.15, 0.2) is 67.0 Å². The normalized spacial score (nSPS) is 11.5. The Bertz CT molecular complexity index is 1240. The van der Waals surface area contributed by atoms with Crippen molar-refractivity contribution in [1.82, 2.24) is 19.6 Å². The highest BCUT2D eigenvalue weighted by molar-refractivity contribution is 6.30. The van der Waals surface area contributed by atoms with Crippen molar-refractivity contribution in [2.45, 2.75) is 19.6 Å². The first kappa shape index (κ1) is 21.6. The number of nitrogens with one attached hydrogen (secondary N) is 1. The van der Waals surface area contributed by atoms with Crippen molar-refractivity contribution < 1.29 is 18.0 Å². The molecule has 1 N–H and O–H groups in total. The number of alkyl halides is 3. The Hall–Kier alpha value is -3.59. The molecule has 0 saturated heterocycles. The Morgan fingerprint density at radius 1 is 1.03 bits per heavy atom. The van der Waals surface area contributed by atoms with Gasteiger partial charge < -0.3 is 5.32 Å². The molecule has 4 rings (SSSR count). The zero-order valence-electron chi connectivity index (χ0n) is 16.8. The highest BCUT2D eigenvalue weighted by atomic mass is 35.5. The van der Waals surface area contributed by atoms with E-state index in [1.807, 2.05) is 31.2 Å². The summed E-state index contributed by atoms with van der Waals surface area (Å²) in [7, 11) is 0. The monoisotopic (exact) mass is 459 g/mol. The summed E-state index contributed by atoms with van der Waals surface area (Å²) in [5, 5.41) is 10.8. The van der Waals surface area contributed by atoms with Crippen molar-refractivity contribution in [3.8, 4) is 5.69 Å². The lowest BCUT2D eigenvalue weighted by molar-refractivity contribution is -0.143. The SMILES string of the molecule is Cc1ccc(Cn2nccc2NC(=O)c2cnn(-c3ccc(Cl)cc3)c2C(F)(F)F)cc1. The first-order valence-electron chi connectivity index (χ1n) is 9.52. The molecule has 1 amide bonds. The Morgan fingerprint density at radius 3 is 2.38 bits per heavy atom. The Kier molecular flexibility index (Phi) is 5.75. The smallest absolute Gasteiger partial charge is 0.307 e. The van der Waals surface area contributed by atoms with Gasteiger partial charge in [0, 0.05) is 11.1 Å². The van der Waals surface area contributed by atoms with E-state index >= 15 is 0 Å². The predicted octanol–water partition coefficient (Wildman–Crippen LogP) is 5.35. The molecule has 2 heterocycles. The summed E-state index contributed by atoms with van der Waals surface area (Å²) in [5.74, 6) is -0.675. The van der Waals surface area contributed by atoms with Crippen LogP contribution in [0, 0.1) is 6.92 Å². The average molecular weight is 460 g/mol. The number of halogens is 4. The number of anilines is 1. The van der Waals surface area contributed by atoms with Crippen LogP contribution in [0.1, 0.15) is 27.2 Å². The largest absolute Gasteiger partial charge is 0.434 e. The third-order valence-electron chi connectivity index (χ3n) is 4.76. The summed E-state index contributed by atoms with van der Waals surface area (Å²) in [6.07, 6.45) is -2.45. The van der Waals surface area contributed by atoms with Crippen molar-refractivity contribution in [1.29, 1.82) is 0 Å². The second kappa shape index (κ2) is 8.51. The first-order valence-corrected chi connectivity index (χ1v) is 9.90. The summed E-state index contributed by atoms with van der Waals surface area (Å²) in [6.45, 7) is 2.31. The predicted molar refractivity (Wildman–Crippen MR) is 114 cm³/mol. The summed E-state index contributed by atoms with van der Waals surface area (Å²) < 4.78 is 43.8. The molecule has 164 valence electrons. The Labute approximate surface area is 186 Å². The van der Waals surface area contributed by atoms with Crippen LogP contribution in [0.25, 0.3) is 5.69 Å². The van der Waals surface area contributed by atoms with Gasteiger partial charge in [0.15, 0.2) is 5.69 Å². The fourth-order valence-corrected chi connectivity index (χ4v) is 3.31. The molecule has 0 radical (unpaired) electrons. The average Bonchev–Trinajstić information content (AvgIpc) is 3.37. The molecule has 10 heteroatoms. The molecule has 0 unspecified atom stereocenters. The number of hydrogen-bond donors (Lipinski definition) is 1. The zero-order valence-corrected chi connectivity index (χ0v) is 17.5. The molecule has 6 nitrogen and oxygen atoms in total. The van der Waals surface area contributed by atoms with E-state index in [-0.39, 0.29) is 11.5 Å². The molecule has 2 aromatic carbocycles. The van der Waals surface area contributed by atoms with Gasteiger partial charge in [-0.1, -0.05) is 41.4 Å². The standard InChI is InChI=1S/C22H17ClF3N5O/c1-14-2-4-15(5-3-14)13-30-19(10-11-27-30)29-21(32)18-12-28-31(20(18)22(24,25)26)17-8-6-16(23)7-9-17/h2-12H,13H2,1H3,(H,29,32). The minimum absolute atomic E-state index is 0.130. The Balaban J connectivity index is 1.63. The molecule has 0 aliphatic carbocycles. The molecule has 4 aromatic rings. The minimum Gasteiger partial charge on any atom is -0.307 e. The molecule has 2 aromatic heterocycles. The number of aryl methyl sites for hydroxylation is 1. The van der Waals surface area contributed by atoms with Crippen LogP contribution in [0.4, 0.5) is 19.0 Å². The molecule has 0 atom stereocenters. The van der Waals surface area contributed by atoms with Crippen molar-refractivity contribution in [2.75, 3.05) is 5.32 Å². The second-order valence-corrected chi connectivity index (χ2v) is 7.54. The van der Waals surface area contributed by atoms with Crippen LogP contribution in [-0.2, 0) is 12.7 Å². The van der Waals surface area contributed by atoms with E-state index in [4.69, 9.17) is 11.6 Å². The molecule has 0 aliphatic rings. The molecule has 0 fully saturated rings.